The number of carbonyl (C=O) groups excluding carboxylic acids is 2. The zero-order valence-electron chi connectivity index (χ0n) is 30.7. The molecule has 1 fully saturated rings. The highest BCUT2D eigenvalue weighted by Gasteiger charge is 2.26. The fourth-order valence-corrected chi connectivity index (χ4v) is 8.38. The van der Waals surface area contributed by atoms with E-state index in [4.69, 9.17) is 9.47 Å². The molecule has 0 unspecified atom stereocenters. The number of fused-ring (bicyclic) bond motifs is 2. The Labute approximate surface area is 318 Å². The number of rotatable bonds is 13. The molecule has 0 aliphatic carbocycles. The molecular formula is C42H45N5O6S. The Morgan fingerprint density at radius 3 is 2.56 bits per heavy atom. The van der Waals surface area contributed by atoms with Gasteiger partial charge in [-0.25, -0.2) is 14.8 Å². The minimum Gasteiger partial charge on any atom is -0.493 e. The van der Waals surface area contributed by atoms with Gasteiger partial charge in [-0.2, -0.15) is 0 Å². The maximum atomic E-state index is 13.5. The Balaban J connectivity index is 1.00. The third-order valence-electron chi connectivity index (χ3n) is 10.4. The van der Waals surface area contributed by atoms with Crippen LogP contribution in [0, 0.1) is 12.8 Å². The number of carboxylic acids is 1. The summed E-state index contributed by atoms with van der Waals surface area (Å²) in [5, 5.41) is 13.9. The van der Waals surface area contributed by atoms with E-state index in [9.17, 15) is 19.5 Å². The summed E-state index contributed by atoms with van der Waals surface area (Å²) in [7, 11) is 0. The summed E-state index contributed by atoms with van der Waals surface area (Å²) in [6.45, 7) is 7.97. The lowest BCUT2D eigenvalue weighted by Gasteiger charge is -2.31. The van der Waals surface area contributed by atoms with Crippen LogP contribution in [0.4, 0.5) is 10.9 Å². The van der Waals surface area contributed by atoms with Gasteiger partial charge in [0, 0.05) is 24.2 Å². The zero-order valence-corrected chi connectivity index (χ0v) is 31.5. The predicted molar refractivity (Wildman–Crippen MR) is 211 cm³/mol. The predicted octanol–water partition coefficient (Wildman–Crippen LogP) is 7.61. The normalized spacial score (nSPS) is 14.8. The molecule has 2 aliphatic rings. The van der Waals surface area contributed by atoms with Crippen LogP contribution in [0.1, 0.15) is 70.1 Å². The summed E-state index contributed by atoms with van der Waals surface area (Å²) in [4.78, 5) is 51.5. The van der Waals surface area contributed by atoms with E-state index in [0.29, 0.717) is 67.3 Å². The number of nitrogens with zero attached hydrogens (tertiary/aromatic N) is 4. The van der Waals surface area contributed by atoms with Crippen molar-refractivity contribution in [2.75, 3.05) is 49.6 Å². The molecule has 11 nitrogen and oxygen atoms in total. The second-order valence-corrected chi connectivity index (χ2v) is 14.9. The lowest BCUT2D eigenvalue weighted by atomic mass is 9.92. The second-order valence-electron chi connectivity index (χ2n) is 13.9. The number of carboxylic acid groups (broad SMARTS) is 1. The Hall–Kier alpha value is -5.33. The smallest absolute Gasteiger partial charge is 0.355 e. The maximum Gasteiger partial charge on any atom is 0.355 e. The number of piperidine rings is 1. The molecule has 5 aromatic rings. The average Bonchev–Trinajstić information content (AvgIpc) is 3.59. The van der Waals surface area contributed by atoms with Crippen LogP contribution in [0.25, 0.3) is 21.3 Å². The highest BCUT2D eigenvalue weighted by atomic mass is 32.1. The zero-order chi connectivity index (χ0) is 37.6. The fraction of sp³-hybridized carbons (Fsp3) is 0.357. The maximum absolute atomic E-state index is 13.5. The van der Waals surface area contributed by atoms with Crippen molar-refractivity contribution in [3.05, 3.63) is 101 Å². The number of pyridine rings is 1. The summed E-state index contributed by atoms with van der Waals surface area (Å²) >= 11 is 1.43. The molecule has 4 heterocycles. The fourth-order valence-electron chi connectivity index (χ4n) is 7.52. The number of nitrogens with one attached hydrogen (secondary N) is 1. The van der Waals surface area contributed by atoms with Crippen molar-refractivity contribution >= 4 is 50.3 Å². The van der Waals surface area contributed by atoms with E-state index in [1.165, 1.54) is 11.3 Å². The first-order chi connectivity index (χ1) is 26.3. The van der Waals surface area contributed by atoms with Gasteiger partial charge in [-0.15, -0.1) is 0 Å². The van der Waals surface area contributed by atoms with Crippen molar-refractivity contribution in [2.45, 2.75) is 52.5 Å². The summed E-state index contributed by atoms with van der Waals surface area (Å²) < 4.78 is 12.3. The number of carbonyl (C=O) groups is 3. The van der Waals surface area contributed by atoms with Gasteiger partial charge in [-0.1, -0.05) is 47.7 Å². The van der Waals surface area contributed by atoms with Crippen molar-refractivity contribution in [3.8, 4) is 16.9 Å². The minimum absolute atomic E-state index is 0.0327. The Bertz CT molecular complexity index is 2130. The van der Waals surface area contributed by atoms with Gasteiger partial charge in [0.05, 0.1) is 30.0 Å². The number of thiazole rings is 1. The van der Waals surface area contributed by atoms with Crippen molar-refractivity contribution in [1.29, 1.82) is 0 Å². The van der Waals surface area contributed by atoms with Crippen LogP contribution in [0.3, 0.4) is 0 Å². The number of aromatic nitrogens is 2. The van der Waals surface area contributed by atoms with E-state index in [0.717, 1.165) is 77.0 Å². The molecule has 1 saturated heterocycles. The number of aromatic carboxylic acids is 1. The SMILES string of the molecule is CCOC(=O)CN1CCC(CCCOc2cccc(-c3ccc(N4CCc5cccc(C(=O)Nc6nc7ccccc7s6)c5C4)nc3C(=O)O)c2C)CC1. The lowest BCUT2D eigenvalue weighted by Crippen LogP contribution is -2.38. The van der Waals surface area contributed by atoms with E-state index in [-0.39, 0.29) is 17.6 Å². The van der Waals surface area contributed by atoms with Crippen LogP contribution >= 0.6 is 11.3 Å². The van der Waals surface area contributed by atoms with Gasteiger partial charge in [0.1, 0.15) is 11.6 Å². The average molecular weight is 748 g/mol. The van der Waals surface area contributed by atoms with Gasteiger partial charge in [-0.3, -0.25) is 19.8 Å². The standard InChI is InChI=1S/C42H45N5O6S/c1-3-52-38(48)26-46-21-18-28(19-22-46)9-8-24-53-35-14-7-11-30(27(35)2)31-16-17-37(44-39(31)41(50)51)47-23-20-29-10-6-12-32(33(29)25-47)40(49)45-42-43-34-13-4-5-15-36(34)54-42/h4-7,10-17,28H,3,8-9,18-26H2,1-2H3,(H,50,51)(H,43,45,49). The molecular weight excluding hydrogens is 703 g/mol. The van der Waals surface area contributed by atoms with Gasteiger partial charge >= 0.3 is 11.9 Å². The van der Waals surface area contributed by atoms with Gasteiger partial charge in [0.15, 0.2) is 10.8 Å². The third-order valence-corrected chi connectivity index (χ3v) is 11.3. The van der Waals surface area contributed by atoms with Crippen LogP contribution in [0.2, 0.25) is 0 Å². The largest absolute Gasteiger partial charge is 0.493 e. The second kappa shape index (κ2) is 16.8. The van der Waals surface area contributed by atoms with Gasteiger partial charge < -0.3 is 19.5 Å². The van der Waals surface area contributed by atoms with Crippen LogP contribution in [-0.4, -0.2) is 77.2 Å². The lowest BCUT2D eigenvalue weighted by molar-refractivity contribution is -0.144. The number of hydrogen-bond donors (Lipinski definition) is 2. The number of benzene rings is 3. The molecule has 54 heavy (non-hydrogen) atoms. The molecule has 12 heteroatoms. The number of amides is 1. The van der Waals surface area contributed by atoms with Crippen molar-refractivity contribution < 1.29 is 29.0 Å². The molecule has 3 aromatic carbocycles. The van der Waals surface area contributed by atoms with Crippen LogP contribution in [0.5, 0.6) is 5.75 Å². The van der Waals surface area contributed by atoms with Crippen molar-refractivity contribution in [2.24, 2.45) is 5.92 Å². The van der Waals surface area contributed by atoms with Gasteiger partial charge in [0.25, 0.3) is 5.91 Å². The quantitative estimate of drug-likeness (QED) is 0.0916. The minimum atomic E-state index is -1.11. The number of hydrogen-bond acceptors (Lipinski definition) is 10. The van der Waals surface area contributed by atoms with Crippen LogP contribution < -0.4 is 15.0 Å². The summed E-state index contributed by atoms with van der Waals surface area (Å²) in [6.07, 6.45) is 4.77. The first kappa shape index (κ1) is 37.0. The molecule has 2 aliphatic heterocycles. The molecule has 0 bridgehead atoms. The summed E-state index contributed by atoms with van der Waals surface area (Å²) in [5.41, 5.74) is 5.49. The molecule has 7 rings (SSSR count). The van der Waals surface area contributed by atoms with E-state index in [2.05, 4.69) is 20.2 Å². The van der Waals surface area contributed by atoms with E-state index in [1.54, 1.807) is 0 Å². The van der Waals surface area contributed by atoms with E-state index in [1.807, 2.05) is 91.5 Å². The number of anilines is 2. The first-order valence-electron chi connectivity index (χ1n) is 18.6. The number of para-hydroxylation sites is 1. The molecule has 2 N–H and O–H groups in total. The number of esters is 1. The van der Waals surface area contributed by atoms with Gasteiger partial charge in [-0.05, 0) is 124 Å². The van der Waals surface area contributed by atoms with Crippen molar-refractivity contribution in [1.82, 2.24) is 14.9 Å². The third kappa shape index (κ3) is 8.40. The van der Waals surface area contributed by atoms with E-state index < -0.39 is 5.97 Å². The molecule has 280 valence electrons. The first-order valence-corrected chi connectivity index (χ1v) is 19.5. The van der Waals surface area contributed by atoms with Crippen LogP contribution in [0.15, 0.2) is 72.8 Å². The Morgan fingerprint density at radius 1 is 0.944 bits per heavy atom. The van der Waals surface area contributed by atoms with Gasteiger partial charge in [0.2, 0.25) is 0 Å². The summed E-state index contributed by atoms with van der Waals surface area (Å²) in [6, 6.07) is 22.9. The summed E-state index contributed by atoms with van der Waals surface area (Å²) in [5.74, 6) is 0.369. The van der Waals surface area contributed by atoms with E-state index >= 15 is 0 Å². The Kier molecular flexibility index (Phi) is 11.5. The van der Waals surface area contributed by atoms with Crippen molar-refractivity contribution in [3.63, 3.8) is 0 Å². The Morgan fingerprint density at radius 2 is 1.76 bits per heavy atom. The molecule has 1 amide bonds. The monoisotopic (exact) mass is 747 g/mol. The number of ether oxygens (including phenoxy) is 2. The highest BCUT2D eigenvalue weighted by molar-refractivity contribution is 7.22. The molecule has 0 spiro atoms. The molecule has 0 saturated carbocycles. The highest BCUT2D eigenvalue weighted by Crippen LogP contribution is 2.35. The topological polar surface area (TPSA) is 134 Å². The number of likely N-dealkylation sites (tertiary alicyclic amines) is 1. The molecule has 2 aromatic heterocycles. The van der Waals surface area contributed by atoms with Crippen LogP contribution in [-0.2, 0) is 22.5 Å². The molecule has 0 atom stereocenters. The molecule has 0 radical (unpaired) electrons.